The van der Waals surface area contributed by atoms with Crippen LogP contribution in [0.5, 0.6) is 5.88 Å². The first-order valence-electron chi connectivity index (χ1n) is 8.94. The molecule has 0 aliphatic carbocycles. The van der Waals surface area contributed by atoms with E-state index >= 15 is 0 Å². The summed E-state index contributed by atoms with van der Waals surface area (Å²) in [5, 5.41) is 16.0. The molecule has 1 amide bonds. The predicted molar refractivity (Wildman–Crippen MR) is 106 cm³/mol. The molecule has 2 heterocycles. The van der Waals surface area contributed by atoms with Gasteiger partial charge in [0.25, 0.3) is 5.56 Å². The van der Waals surface area contributed by atoms with Gasteiger partial charge in [0.2, 0.25) is 11.8 Å². The Morgan fingerprint density at radius 2 is 1.93 bits per heavy atom. The van der Waals surface area contributed by atoms with Gasteiger partial charge < -0.3 is 10.0 Å². The molecule has 0 fully saturated rings. The van der Waals surface area contributed by atoms with Crippen molar-refractivity contribution in [2.75, 3.05) is 19.0 Å². The SMILES string of the molecule is CCC(=O)N1N=C(c2c(O)n(C)c(=O)[nH]c2=O)C[C@@H]1c1ccc(N(C)C)cc1. The van der Waals surface area contributed by atoms with Crippen LogP contribution in [0.15, 0.2) is 39.0 Å². The molecule has 1 aliphatic rings. The molecule has 9 nitrogen and oxygen atoms in total. The molecule has 0 bridgehead atoms. The monoisotopic (exact) mass is 385 g/mol. The smallest absolute Gasteiger partial charge is 0.330 e. The summed E-state index contributed by atoms with van der Waals surface area (Å²) in [6.45, 7) is 1.73. The van der Waals surface area contributed by atoms with E-state index in [1.165, 1.54) is 12.1 Å². The third-order valence-corrected chi connectivity index (χ3v) is 4.84. The zero-order valence-electron chi connectivity index (χ0n) is 16.3. The summed E-state index contributed by atoms with van der Waals surface area (Å²) in [5.41, 5.74) is 0.602. The fourth-order valence-corrected chi connectivity index (χ4v) is 3.18. The van der Waals surface area contributed by atoms with Crippen molar-refractivity contribution in [2.45, 2.75) is 25.8 Å². The lowest BCUT2D eigenvalue weighted by Crippen LogP contribution is -2.32. The maximum atomic E-state index is 12.4. The quantitative estimate of drug-likeness (QED) is 0.813. The first kappa shape index (κ1) is 19.4. The van der Waals surface area contributed by atoms with Crippen LogP contribution in [-0.4, -0.2) is 45.4 Å². The van der Waals surface area contributed by atoms with Crippen molar-refractivity contribution >= 4 is 17.3 Å². The molecule has 1 atom stereocenters. The number of aromatic nitrogens is 2. The van der Waals surface area contributed by atoms with E-state index in [2.05, 4.69) is 10.1 Å². The highest BCUT2D eigenvalue weighted by atomic mass is 16.3. The van der Waals surface area contributed by atoms with Crippen molar-refractivity contribution in [3.05, 3.63) is 56.2 Å². The Kier molecular flexibility index (Phi) is 5.08. The van der Waals surface area contributed by atoms with E-state index in [9.17, 15) is 19.5 Å². The second-order valence-electron chi connectivity index (χ2n) is 6.86. The van der Waals surface area contributed by atoms with Gasteiger partial charge in [0.1, 0.15) is 5.56 Å². The number of hydrazone groups is 1. The van der Waals surface area contributed by atoms with E-state index in [1.54, 1.807) is 6.92 Å². The van der Waals surface area contributed by atoms with Crippen LogP contribution in [0.4, 0.5) is 5.69 Å². The van der Waals surface area contributed by atoms with Crippen LogP contribution in [0.25, 0.3) is 0 Å². The van der Waals surface area contributed by atoms with Crippen LogP contribution in [0.3, 0.4) is 0 Å². The minimum Gasteiger partial charge on any atom is -0.494 e. The van der Waals surface area contributed by atoms with Crippen molar-refractivity contribution in [1.82, 2.24) is 14.6 Å². The average Bonchev–Trinajstić information content (AvgIpc) is 3.10. The molecule has 0 saturated carbocycles. The number of rotatable bonds is 4. The zero-order valence-corrected chi connectivity index (χ0v) is 16.3. The number of amides is 1. The maximum absolute atomic E-state index is 12.4. The van der Waals surface area contributed by atoms with Gasteiger partial charge >= 0.3 is 5.69 Å². The minimum absolute atomic E-state index is 0.0941. The van der Waals surface area contributed by atoms with Gasteiger partial charge in [-0.2, -0.15) is 5.10 Å². The molecule has 1 aromatic heterocycles. The summed E-state index contributed by atoms with van der Waals surface area (Å²) in [6.07, 6.45) is 0.501. The third-order valence-electron chi connectivity index (χ3n) is 4.84. The van der Waals surface area contributed by atoms with Gasteiger partial charge in [-0.3, -0.25) is 19.1 Å². The average molecular weight is 385 g/mol. The molecule has 1 aliphatic heterocycles. The highest BCUT2D eigenvalue weighted by molar-refractivity contribution is 6.04. The molecule has 9 heteroatoms. The molecule has 148 valence electrons. The highest BCUT2D eigenvalue weighted by Crippen LogP contribution is 2.34. The summed E-state index contributed by atoms with van der Waals surface area (Å²) in [4.78, 5) is 40.5. The number of aromatic amines is 1. The number of nitrogens with one attached hydrogen (secondary N) is 1. The van der Waals surface area contributed by atoms with Crippen molar-refractivity contribution < 1.29 is 9.90 Å². The Hall–Kier alpha value is -3.36. The molecular formula is C19H23N5O4. The molecule has 1 aromatic carbocycles. The summed E-state index contributed by atoms with van der Waals surface area (Å²) < 4.78 is 0.935. The topological polar surface area (TPSA) is 111 Å². The van der Waals surface area contributed by atoms with Crippen molar-refractivity contribution in [1.29, 1.82) is 0 Å². The molecule has 0 radical (unpaired) electrons. The summed E-state index contributed by atoms with van der Waals surface area (Å²) >= 11 is 0. The molecule has 3 rings (SSSR count). The first-order chi connectivity index (χ1) is 13.2. The molecular weight excluding hydrogens is 362 g/mol. The second kappa shape index (κ2) is 7.34. The number of nitrogens with zero attached hydrogens (tertiary/aromatic N) is 4. The van der Waals surface area contributed by atoms with Crippen LogP contribution in [-0.2, 0) is 11.8 Å². The Labute approximate surface area is 161 Å². The maximum Gasteiger partial charge on any atom is 0.330 e. The van der Waals surface area contributed by atoms with Gasteiger partial charge in [-0.15, -0.1) is 0 Å². The lowest BCUT2D eigenvalue weighted by molar-refractivity contribution is -0.132. The second-order valence-corrected chi connectivity index (χ2v) is 6.86. The van der Waals surface area contributed by atoms with Crippen LogP contribution < -0.4 is 16.1 Å². The third kappa shape index (κ3) is 3.30. The summed E-state index contributed by atoms with van der Waals surface area (Å²) in [6, 6.07) is 7.32. The predicted octanol–water partition coefficient (Wildman–Crippen LogP) is 0.933. The van der Waals surface area contributed by atoms with Crippen molar-refractivity contribution in [2.24, 2.45) is 12.1 Å². The summed E-state index contributed by atoms with van der Waals surface area (Å²) in [5.74, 6) is -0.669. The molecule has 2 aromatic rings. The highest BCUT2D eigenvalue weighted by Gasteiger charge is 2.34. The van der Waals surface area contributed by atoms with Crippen LogP contribution in [0.1, 0.15) is 36.9 Å². The zero-order chi connectivity index (χ0) is 20.6. The number of anilines is 1. The number of hydrogen-bond donors (Lipinski definition) is 2. The van der Waals surface area contributed by atoms with E-state index in [4.69, 9.17) is 0 Å². The lowest BCUT2D eigenvalue weighted by atomic mass is 9.98. The largest absolute Gasteiger partial charge is 0.494 e. The van der Waals surface area contributed by atoms with E-state index in [-0.39, 0.29) is 30.0 Å². The Balaban J connectivity index is 2.05. The lowest BCUT2D eigenvalue weighted by Gasteiger charge is -2.22. The van der Waals surface area contributed by atoms with Crippen molar-refractivity contribution in [3.63, 3.8) is 0 Å². The molecule has 0 spiro atoms. The van der Waals surface area contributed by atoms with Gasteiger partial charge in [-0.1, -0.05) is 19.1 Å². The van der Waals surface area contributed by atoms with Gasteiger partial charge in [-0.25, -0.2) is 9.80 Å². The van der Waals surface area contributed by atoms with Crippen LogP contribution in [0.2, 0.25) is 0 Å². The van der Waals surface area contributed by atoms with E-state index in [1.807, 2.05) is 43.3 Å². The Morgan fingerprint density at radius 3 is 2.50 bits per heavy atom. The normalized spacial score (nSPS) is 16.2. The molecule has 0 saturated heterocycles. The summed E-state index contributed by atoms with van der Waals surface area (Å²) in [7, 11) is 5.22. The molecule has 2 N–H and O–H groups in total. The van der Waals surface area contributed by atoms with Crippen LogP contribution >= 0.6 is 0 Å². The fourth-order valence-electron chi connectivity index (χ4n) is 3.18. The minimum atomic E-state index is -0.730. The van der Waals surface area contributed by atoms with Gasteiger partial charge in [0, 0.05) is 39.7 Å². The van der Waals surface area contributed by atoms with E-state index in [0.29, 0.717) is 0 Å². The van der Waals surface area contributed by atoms with Crippen LogP contribution in [0, 0.1) is 0 Å². The van der Waals surface area contributed by atoms with Gasteiger partial charge in [0.05, 0.1) is 11.8 Å². The number of carbonyl (C=O) groups excluding carboxylic acids is 1. The Morgan fingerprint density at radius 1 is 1.29 bits per heavy atom. The number of benzene rings is 1. The standard InChI is InChI=1S/C19H23N5O4/c1-5-15(25)24-14(11-6-8-12(9-7-11)22(2)3)10-13(21-24)16-17(26)20-19(28)23(4)18(16)27/h6-9,14,27H,5,10H2,1-4H3,(H,20,26,28)/t14-/m1/s1. The van der Waals surface area contributed by atoms with Crippen molar-refractivity contribution in [3.8, 4) is 5.88 Å². The number of H-pyrrole nitrogens is 1. The number of hydrogen-bond acceptors (Lipinski definition) is 6. The fraction of sp³-hybridized carbons (Fsp3) is 0.368. The van der Waals surface area contributed by atoms with Gasteiger partial charge in [0.15, 0.2) is 0 Å². The Bertz CT molecular complexity index is 1050. The first-order valence-corrected chi connectivity index (χ1v) is 8.94. The van der Waals surface area contributed by atoms with E-state index < -0.39 is 23.2 Å². The number of carbonyl (C=O) groups is 1. The molecule has 28 heavy (non-hydrogen) atoms. The molecule has 0 unspecified atom stereocenters. The number of aromatic hydroxyl groups is 1. The van der Waals surface area contributed by atoms with E-state index in [0.717, 1.165) is 15.8 Å². The van der Waals surface area contributed by atoms with Gasteiger partial charge in [-0.05, 0) is 17.7 Å².